The highest BCUT2D eigenvalue weighted by Gasteiger charge is 2.19. The zero-order chi connectivity index (χ0) is 24.6. The summed E-state index contributed by atoms with van der Waals surface area (Å²) < 4.78 is 0. The summed E-state index contributed by atoms with van der Waals surface area (Å²) in [5.41, 5.74) is 6.46. The van der Waals surface area contributed by atoms with Crippen molar-refractivity contribution in [2.45, 2.75) is 25.7 Å². The Hall–Kier alpha value is -4.36. The molecule has 1 nitrogen and oxygen atoms in total. The van der Waals surface area contributed by atoms with Crippen LogP contribution in [0.15, 0.2) is 121 Å². The fraction of sp³-hybridized carbons (Fsp3) is 0.111. The third-order valence-corrected chi connectivity index (χ3v) is 7.79. The van der Waals surface area contributed by atoms with Crippen LogP contribution in [0, 0.1) is 0 Å². The van der Waals surface area contributed by atoms with Crippen LogP contribution < -0.4 is 15.3 Å². The molecule has 2 aliphatic carbocycles. The van der Waals surface area contributed by atoms with E-state index in [-0.39, 0.29) is 0 Å². The predicted octanol–water partition coefficient (Wildman–Crippen LogP) is 8.25. The molecule has 0 aliphatic heterocycles. The summed E-state index contributed by atoms with van der Waals surface area (Å²) in [5, 5.41) is 8.17. The maximum Gasteiger partial charge on any atom is 0.0465 e. The SMILES string of the molecule is C1=C(c2ccccc2)CCC(N(c2ccccc2)c2ccc3c4c(c5ccccc5c3c2)=CCCC=4)=C1. The molecular formula is C36H29N. The molecule has 0 aromatic heterocycles. The van der Waals surface area contributed by atoms with Crippen LogP contribution in [0.1, 0.15) is 31.2 Å². The first-order valence-corrected chi connectivity index (χ1v) is 13.3. The minimum atomic E-state index is 1.00. The van der Waals surface area contributed by atoms with Crippen LogP contribution in [0.5, 0.6) is 0 Å². The van der Waals surface area contributed by atoms with E-state index in [0.29, 0.717) is 0 Å². The van der Waals surface area contributed by atoms with Crippen molar-refractivity contribution in [1.82, 2.24) is 0 Å². The second kappa shape index (κ2) is 9.26. The van der Waals surface area contributed by atoms with E-state index in [1.165, 1.54) is 60.2 Å². The van der Waals surface area contributed by atoms with E-state index in [4.69, 9.17) is 0 Å². The van der Waals surface area contributed by atoms with Crippen molar-refractivity contribution in [2.24, 2.45) is 0 Å². The number of allylic oxidation sites excluding steroid dienone is 4. The summed E-state index contributed by atoms with van der Waals surface area (Å²) in [4.78, 5) is 2.45. The summed E-state index contributed by atoms with van der Waals surface area (Å²) >= 11 is 0. The van der Waals surface area contributed by atoms with Crippen LogP contribution in [0.2, 0.25) is 0 Å². The largest absolute Gasteiger partial charge is 0.314 e. The van der Waals surface area contributed by atoms with Gasteiger partial charge in [0.2, 0.25) is 0 Å². The molecule has 0 radical (unpaired) electrons. The smallest absolute Gasteiger partial charge is 0.0465 e. The maximum absolute atomic E-state index is 2.45. The van der Waals surface area contributed by atoms with E-state index >= 15 is 0 Å². The molecule has 0 N–H and O–H groups in total. The number of rotatable bonds is 4. The molecule has 0 bridgehead atoms. The molecule has 0 saturated carbocycles. The van der Waals surface area contributed by atoms with Gasteiger partial charge in [0, 0.05) is 17.1 Å². The molecule has 1 heteroatoms. The quantitative estimate of drug-likeness (QED) is 0.237. The lowest BCUT2D eigenvalue weighted by Gasteiger charge is -2.30. The minimum absolute atomic E-state index is 1.00. The van der Waals surface area contributed by atoms with Crippen molar-refractivity contribution >= 4 is 50.6 Å². The second-order valence-corrected chi connectivity index (χ2v) is 9.98. The van der Waals surface area contributed by atoms with Crippen LogP contribution in [-0.2, 0) is 0 Å². The molecule has 178 valence electrons. The lowest BCUT2D eigenvalue weighted by atomic mass is 9.93. The topological polar surface area (TPSA) is 3.24 Å². The van der Waals surface area contributed by atoms with Gasteiger partial charge in [0.25, 0.3) is 0 Å². The molecule has 0 unspecified atom stereocenters. The highest BCUT2D eigenvalue weighted by molar-refractivity contribution is 6.09. The molecule has 0 atom stereocenters. The first kappa shape index (κ1) is 21.9. The Balaban J connectivity index is 1.42. The lowest BCUT2D eigenvalue weighted by molar-refractivity contribution is 0.930. The van der Waals surface area contributed by atoms with Gasteiger partial charge in [0.1, 0.15) is 0 Å². The third kappa shape index (κ3) is 3.88. The van der Waals surface area contributed by atoms with E-state index in [9.17, 15) is 0 Å². The van der Waals surface area contributed by atoms with E-state index in [1.807, 2.05) is 0 Å². The number of nitrogens with zero attached hydrogens (tertiary/aromatic N) is 1. The van der Waals surface area contributed by atoms with Gasteiger partial charge in [-0.05, 0) is 99.1 Å². The molecule has 0 heterocycles. The molecule has 2 aliphatic rings. The molecule has 0 spiro atoms. The van der Waals surface area contributed by atoms with Gasteiger partial charge in [-0.1, -0.05) is 97.1 Å². The van der Waals surface area contributed by atoms with E-state index in [1.54, 1.807) is 0 Å². The van der Waals surface area contributed by atoms with Crippen molar-refractivity contribution in [3.63, 3.8) is 0 Å². The number of fused-ring (bicyclic) bond motifs is 6. The van der Waals surface area contributed by atoms with Gasteiger partial charge in [-0.15, -0.1) is 0 Å². The molecule has 0 fully saturated rings. The Bertz CT molecular complexity index is 1810. The van der Waals surface area contributed by atoms with Gasteiger partial charge in [-0.25, -0.2) is 0 Å². The first-order chi connectivity index (χ1) is 18.4. The van der Waals surface area contributed by atoms with Gasteiger partial charge in [0.05, 0.1) is 0 Å². The Morgan fingerprint density at radius 3 is 1.84 bits per heavy atom. The average Bonchev–Trinajstić information content (AvgIpc) is 2.99. The molecule has 5 aromatic carbocycles. The molecule has 0 saturated heterocycles. The van der Waals surface area contributed by atoms with Crippen molar-refractivity contribution in [3.05, 3.63) is 137 Å². The van der Waals surface area contributed by atoms with Crippen LogP contribution >= 0.6 is 0 Å². The van der Waals surface area contributed by atoms with Gasteiger partial charge in [-0.2, -0.15) is 0 Å². The second-order valence-electron chi connectivity index (χ2n) is 9.98. The lowest BCUT2D eigenvalue weighted by Crippen LogP contribution is -2.28. The van der Waals surface area contributed by atoms with Crippen molar-refractivity contribution in [3.8, 4) is 0 Å². The van der Waals surface area contributed by atoms with Crippen LogP contribution in [0.3, 0.4) is 0 Å². The Labute approximate surface area is 218 Å². The molecule has 37 heavy (non-hydrogen) atoms. The van der Waals surface area contributed by atoms with E-state index in [2.05, 4.69) is 132 Å². The van der Waals surface area contributed by atoms with Gasteiger partial charge in [0.15, 0.2) is 0 Å². The summed E-state index contributed by atoms with van der Waals surface area (Å²) in [6.45, 7) is 0. The number of para-hydroxylation sites is 1. The number of hydrogen-bond acceptors (Lipinski definition) is 1. The maximum atomic E-state index is 2.45. The highest BCUT2D eigenvalue weighted by Crippen LogP contribution is 2.37. The summed E-state index contributed by atoms with van der Waals surface area (Å²) in [5.74, 6) is 0. The zero-order valence-electron chi connectivity index (χ0n) is 20.9. The summed E-state index contributed by atoms with van der Waals surface area (Å²) in [6, 6.07) is 37.5. The summed E-state index contributed by atoms with van der Waals surface area (Å²) in [6.07, 6.45) is 13.7. The van der Waals surface area contributed by atoms with E-state index < -0.39 is 0 Å². The first-order valence-electron chi connectivity index (χ1n) is 13.3. The Kier molecular flexibility index (Phi) is 5.48. The number of benzene rings is 5. The average molecular weight is 476 g/mol. The fourth-order valence-corrected chi connectivity index (χ4v) is 6.03. The van der Waals surface area contributed by atoms with Crippen molar-refractivity contribution < 1.29 is 0 Å². The molecule has 7 rings (SSSR count). The Morgan fingerprint density at radius 1 is 0.486 bits per heavy atom. The number of anilines is 2. The Morgan fingerprint density at radius 2 is 1.14 bits per heavy atom. The minimum Gasteiger partial charge on any atom is -0.314 e. The van der Waals surface area contributed by atoms with Crippen molar-refractivity contribution in [2.75, 3.05) is 4.90 Å². The van der Waals surface area contributed by atoms with Crippen LogP contribution in [0.4, 0.5) is 11.4 Å². The molecule has 5 aromatic rings. The highest BCUT2D eigenvalue weighted by atomic mass is 15.1. The van der Waals surface area contributed by atoms with Gasteiger partial charge in [-0.3, -0.25) is 0 Å². The van der Waals surface area contributed by atoms with Gasteiger partial charge < -0.3 is 4.90 Å². The standard InChI is InChI=1S/C36H29N/c1-3-11-26(12-4-1)27-19-21-29(22-20-27)37(28-13-5-2-6-14-28)30-23-24-35-33-17-8-7-15-31(33)32-16-9-10-18-34(32)36(35)25-30/h1-6,9-19,21,23-25H,7-8,20,22H2. The van der Waals surface area contributed by atoms with E-state index in [0.717, 1.165) is 25.7 Å². The van der Waals surface area contributed by atoms with Crippen LogP contribution in [0.25, 0.3) is 39.3 Å². The fourth-order valence-electron chi connectivity index (χ4n) is 6.03. The zero-order valence-corrected chi connectivity index (χ0v) is 20.9. The third-order valence-electron chi connectivity index (χ3n) is 7.79. The van der Waals surface area contributed by atoms with Crippen LogP contribution in [-0.4, -0.2) is 0 Å². The van der Waals surface area contributed by atoms with Gasteiger partial charge >= 0.3 is 0 Å². The molecule has 0 amide bonds. The normalized spacial score (nSPS) is 14.8. The predicted molar refractivity (Wildman–Crippen MR) is 159 cm³/mol. The van der Waals surface area contributed by atoms with Crippen molar-refractivity contribution in [1.29, 1.82) is 0 Å². The summed E-state index contributed by atoms with van der Waals surface area (Å²) in [7, 11) is 0. The molecular weight excluding hydrogens is 446 g/mol. The monoisotopic (exact) mass is 475 g/mol. The number of hydrogen-bond donors (Lipinski definition) is 0.